The normalized spacial score (nSPS) is 18.2. The van der Waals surface area contributed by atoms with E-state index in [0.29, 0.717) is 6.79 Å². The van der Waals surface area contributed by atoms with E-state index in [1.807, 2.05) is 13.0 Å². The van der Waals surface area contributed by atoms with E-state index in [2.05, 4.69) is 32.1 Å². The van der Waals surface area contributed by atoms with Gasteiger partial charge in [-0.05, 0) is 17.7 Å². The van der Waals surface area contributed by atoms with Crippen LogP contribution in [0.5, 0.6) is 11.5 Å². The topological polar surface area (TPSA) is 63.9 Å². The van der Waals surface area contributed by atoms with Gasteiger partial charge in [0.25, 0.3) is 0 Å². The van der Waals surface area contributed by atoms with Crippen molar-refractivity contribution in [2.75, 3.05) is 33.0 Å². The van der Waals surface area contributed by atoms with Gasteiger partial charge in [0, 0.05) is 39.1 Å². The van der Waals surface area contributed by atoms with Gasteiger partial charge in [0.2, 0.25) is 12.7 Å². The van der Waals surface area contributed by atoms with E-state index in [1.54, 1.807) is 0 Å². The Kier molecular flexibility index (Phi) is 4.36. The van der Waals surface area contributed by atoms with Gasteiger partial charge in [-0.25, -0.2) is 0 Å². The molecule has 7 nitrogen and oxygen atoms in total. The van der Waals surface area contributed by atoms with Gasteiger partial charge in [-0.2, -0.15) is 4.98 Å². The minimum Gasteiger partial charge on any atom is -0.454 e. The number of fused-ring (bicyclic) bond motifs is 1. The summed E-state index contributed by atoms with van der Waals surface area (Å²) in [7, 11) is 0. The Morgan fingerprint density at radius 1 is 1.00 bits per heavy atom. The van der Waals surface area contributed by atoms with E-state index in [9.17, 15) is 0 Å². The molecule has 3 heterocycles. The highest BCUT2D eigenvalue weighted by atomic mass is 16.7. The van der Waals surface area contributed by atoms with Crippen molar-refractivity contribution < 1.29 is 14.0 Å². The smallest absolute Gasteiger partial charge is 0.240 e. The quantitative estimate of drug-likeness (QED) is 0.826. The number of aryl methyl sites for hydroxylation is 1. The summed E-state index contributed by atoms with van der Waals surface area (Å²) >= 11 is 0. The molecule has 4 rings (SSSR count). The molecule has 0 bridgehead atoms. The van der Waals surface area contributed by atoms with Crippen LogP contribution in [0.25, 0.3) is 0 Å². The lowest BCUT2D eigenvalue weighted by Crippen LogP contribution is -2.45. The van der Waals surface area contributed by atoms with Crippen LogP contribution in [0.1, 0.15) is 24.2 Å². The molecule has 0 unspecified atom stereocenters. The molecule has 2 aromatic rings. The summed E-state index contributed by atoms with van der Waals surface area (Å²) in [4.78, 5) is 9.21. The second kappa shape index (κ2) is 6.78. The van der Waals surface area contributed by atoms with Crippen molar-refractivity contribution >= 4 is 0 Å². The molecule has 0 radical (unpaired) electrons. The maximum atomic E-state index is 5.45. The van der Waals surface area contributed by atoms with E-state index in [0.717, 1.165) is 68.9 Å². The largest absolute Gasteiger partial charge is 0.454 e. The van der Waals surface area contributed by atoms with Gasteiger partial charge in [0.15, 0.2) is 17.3 Å². The molecule has 128 valence electrons. The zero-order chi connectivity index (χ0) is 16.4. The van der Waals surface area contributed by atoms with Crippen LogP contribution >= 0.6 is 0 Å². The van der Waals surface area contributed by atoms with E-state index in [-0.39, 0.29) is 0 Å². The second-order valence-corrected chi connectivity index (χ2v) is 6.20. The van der Waals surface area contributed by atoms with Gasteiger partial charge in [0.05, 0.1) is 6.54 Å². The highest BCUT2D eigenvalue weighted by Crippen LogP contribution is 2.32. The van der Waals surface area contributed by atoms with Crippen molar-refractivity contribution in [3.05, 3.63) is 35.5 Å². The second-order valence-electron chi connectivity index (χ2n) is 6.20. The van der Waals surface area contributed by atoms with Crippen molar-refractivity contribution in [2.24, 2.45) is 0 Å². The summed E-state index contributed by atoms with van der Waals surface area (Å²) in [5, 5.41) is 3.95. The fraction of sp³-hybridized carbons (Fsp3) is 0.529. The van der Waals surface area contributed by atoms with E-state index in [4.69, 9.17) is 14.0 Å². The first kappa shape index (κ1) is 15.4. The molecule has 24 heavy (non-hydrogen) atoms. The van der Waals surface area contributed by atoms with Gasteiger partial charge in [-0.3, -0.25) is 9.80 Å². The number of rotatable bonds is 5. The molecule has 1 aromatic carbocycles. The Labute approximate surface area is 141 Å². The average Bonchev–Trinajstić information content (AvgIpc) is 3.25. The summed E-state index contributed by atoms with van der Waals surface area (Å²) in [6.07, 6.45) is 0.812. The molecule has 0 N–H and O–H groups in total. The van der Waals surface area contributed by atoms with Crippen LogP contribution in [-0.2, 0) is 19.5 Å². The van der Waals surface area contributed by atoms with Crippen LogP contribution in [-0.4, -0.2) is 52.9 Å². The fourth-order valence-electron chi connectivity index (χ4n) is 3.09. The fourth-order valence-corrected chi connectivity index (χ4v) is 3.09. The summed E-state index contributed by atoms with van der Waals surface area (Å²) in [5.41, 5.74) is 1.26. The molecule has 0 atom stereocenters. The molecular formula is C17H22N4O3. The highest BCUT2D eigenvalue weighted by Gasteiger charge is 2.20. The SMILES string of the molecule is CCc1noc(CN2CCN(Cc3ccc4c(c3)OCO4)CC2)n1. The van der Waals surface area contributed by atoms with Crippen LogP contribution in [0.3, 0.4) is 0 Å². The first-order valence-electron chi connectivity index (χ1n) is 8.45. The van der Waals surface area contributed by atoms with Gasteiger partial charge in [-0.15, -0.1) is 0 Å². The Morgan fingerprint density at radius 2 is 1.75 bits per heavy atom. The van der Waals surface area contributed by atoms with Gasteiger partial charge in [-0.1, -0.05) is 18.1 Å². The third-order valence-electron chi connectivity index (χ3n) is 4.49. The Bertz CT molecular complexity index is 695. The molecule has 0 spiro atoms. The van der Waals surface area contributed by atoms with E-state index < -0.39 is 0 Å². The molecule has 2 aliphatic rings. The van der Waals surface area contributed by atoms with Crippen LogP contribution in [0.4, 0.5) is 0 Å². The molecule has 1 saturated heterocycles. The predicted molar refractivity (Wildman–Crippen MR) is 86.8 cm³/mol. The van der Waals surface area contributed by atoms with Crippen LogP contribution in [0.2, 0.25) is 0 Å². The average molecular weight is 330 g/mol. The predicted octanol–water partition coefficient (Wildman–Crippen LogP) is 1.68. The van der Waals surface area contributed by atoms with Crippen molar-refractivity contribution in [1.82, 2.24) is 19.9 Å². The number of benzene rings is 1. The molecule has 1 aromatic heterocycles. The molecule has 0 saturated carbocycles. The number of piperazine rings is 1. The summed E-state index contributed by atoms with van der Waals surface area (Å²) < 4.78 is 16.1. The number of aromatic nitrogens is 2. The summed E-state index contributed by atoms with van der Waals surface area (Å²) in [5.74, 6) is 3.20. The van der Waals surface area contributed by atoms with Crippen LogP contribution < -0.4 is 9.47 Å². The van der Waals surface area contributed by atoms with Gasteiger partial charge >= 0.3 is 0 Å². The molecular weight excluding hydrogens is 308 g/mol. The molecule has 7 heteroatoms. The zero-order valence-corrected chi connectivity index (χ0v) is 13.9. The maximum absolute atomic E-state index is 5.45. The molecule has 0 amide bonds. The van der Waals surface area contributed by atoms with Crippen LogP contribution in [0.15, 0.2) is 22.7 Å². The zero-order valence-electron chi connectivity index (χ0n) is 13.9. The first-order valence-corrected chi connectivity index (χ1v) is 8.45. The maximum Gasteiger partial charge on any atom is 0.240 e. The molecule has 0 aliphatic carbocycles. The van der Waals surface area contributed by atoms with Gasteiger partial charge in [0.1, 0.15) is 0 Å². The Hall–Kier alpha value is -2.12. The summed E-state index contributed by atoms with van der Waals surface area (Å²) in [6.45, 7) is 8.11. The van der Waals surface area contributed by atoms with Crippen molar-refractivity contribution in [3.8, 4) is 11.5 Å². The number of hydrogen-bond acceptors (Lipinski definition) is 7. The Balaban J connectivity index is 1.28. The lowest BCUT2D eigenvalue weighted by Gasteiger charge is -2.33. The lowest BCUT2D eigenvalue weighted by atomic mass is 10.1. The first-order chi connectivity index (χ1) is 11.8. The molecule has 1 fully saturated rings. The summed E-state index contributed by atoms with van der Waals surface area (Å²) in [6, 6.07) is 6.19. The molecule has 2 aliphatic heterocycles. The van der Waals surface area contributed by atoms with Crippen molar-refractivity contribution in [3.63, 3.8) is 0 Å². The number of nitrogens with zero attached hydrogens (tertiary/aromatic N) is 4. The standard InChI is InChI=1S/C17H22N4O3/c1-2-16-18-17(24-19-16)11-21-7-5-20(6-8-21)10-13-3-4-14-15(9-13)23-12-22-14/h3-4,9H,2,5-8,10-12H2,1H3. The number of hydrogen-bond donors (Lipinski definition) is 0. The lowest BCUT2D eigenvalue weighted by molar-refractivity contribution is 0.112. The van der Waals surface area contributed by atoms with E-state index in [1.165, 1.54) is 5.56 Å². The highest BCUT2D eigenvalue weighted by molar-refractivity contribution is 5.44. The minimum absolute atomic E-state index is 0.326. The monoisotopic (exact) mass is 330 g/mol. The van der Waals surface area contributed by atoms with Crippen molar-refractivity contribution in [1.29, 1.82) is 0 Å². The van der Waals surface area contributed by atoms with Gasteiger partial charge < -0.3 is 14.0 Å². The third kappa shape index (κ3) is 3.37. The van der Waals surface area contributed by atoms with Crippen LogP contribution in [0, 0.1) is 0 Å². The number of ether oxygens (including phenoxy) is 2. The minimum atomic E-state index is 0.326. The third-order valence-corrected chi connectivity index (χ3v) is 4.49. The Morgan fingerprint density at radius 3 is 2.50 bits per heavy atom. The van der Waals surface area contributed by atoms with E-state index >= 15 is 0 Å². The van der Waals surface area contributed by atoms with Crippen molar-refractivity contribution in [2.45, 2.75) is 26.4 Å².